The molecule has 2 aromatic rings. The number of aliphatic imine (C=N–C) groups is 1. The van der Waals surface area contributed by atoms with Crippen LogP contribution >= 0.6 is 0 Å². The molecule has 0 atom stereocenters. The minimum Gasteiger partial charge on any atom is -0.378 e. The number of hydrogen-bond donors (Lipinski definition) is 0. The summed E-state index contributed by atoms with van der Waals surface area (Å²) in [6.07, 6.45) is 0. The molecule has 0 unspecified atom stereocenters. The van der Waals surface area contributed by atoms with Crippen molar-refractivity contribution >= 4 is 17.3 Å². The monoisotopic (exact) mass is 308 g/mol. The van der Waals surface area contributed by atoms with Gasteiger partial charge in [0.25, 0.3) is 0 Å². The van der Waals surface area contributed by atoms with E-state index >= 15 is 0 Å². The maximum absolute atomic E-state index is 12.9. The summed E-state index contributed by atoms with van der Waals surface area (Å²) in [6, 6.07) is 17.2. The Balaban J connectivity index is 1.95. The lowest BCUT2D eigenvalue weighted by Crippen LogP contribution is -2.44. The number of ether oxygens (including phenoxy) is 1. The van der Waals surface area contributed by atoms with Crippen molar-refractivity contribution in [1.29, 1.82) is 0 Å². The molecule has 0 aliphatic carbocycles. The van der Waals surface area contributed by atoms with Crippen LogP contribution in [-0.2, 0) is 4.74 Å². The maximum Gasteiger partial charge on any atom is 0.228 e. The van der Waals surface area contributed by atoms with Gasteiger partial charge in [-0.05, 0) is 19.1 Å². The number of nitrogens with zero attached hydrogens (tertiary/aromatic N) is 2. The summed E-state index contributed by atoms with van der Waals surface area (Å²) in [7, 11) is 0. The van der Waals surface area contributed by atoms with Gasteiger partial charge < -0.3 is 9.64 Å². The number of carbonyl (C=O) groups is 1. The SMILES string of the molecule is Cc1ccc(C(=O)C(=Nc2ccccc2)N2CCOCC2)cc1. The molecule has 0 spiro atoms. The molecule has 4 nitrogen and oxygen atoms in total. The van der Waals surface area contributed by atoms with Gasteiger partial charge in [-0.25, -0.2) is 4.99 Å². The summed E-state index contributed by atoms with van der Waals surface area (Å²) in [5.74, 6) is 0.444. The predicted octanol–water partition coefficient (Wildman–Crippen LogP) is 3.24. The Bertz CT molecular complexity index is 687. The molecule has 0 aromatic heterocycles. The van der Waals surface area contributed by atoms with Crippen LogP contribution in [0.25, 0.3) is 0 Å². The molecule has 4 heteroatoms. The first kappa shape index (κ1) is 15.4. The van der Waals surface area contributed by atoms with Crippen LogP contribution in [0.15, 0.2) is 59.6 Å². The van der Waals surface area contributed by atoms with Crippen LogP contribution in [0.1, 0.15) is 15.9 Å². The summed E-state index contributed by atoms with van der Waals surface area (Å²) in [4.78, 5) is 19.6. The number of carbonyl (C=O) groups excluding carboxylic acids is 1. The topological polar surface area (TPSA) is 41.9 Å². The molecule has 23 heavy (non-hydrogen) atoms. The van der Waals surface area contributed by atoms with E-state index < -0.39 is 0 Å². The molecule has 1 heterocycles. The third-order valence-corrected chi connectivity index (χ3v) is 3.82. The van der Waals surface area contributed by atoms with E-state index in [0.717, 1.165) is 11.3 Å². The largest absolute Gasteiger partial charge is 0.378 e. The molecule has 0 radical (unpaired) electrons. The first-order chi connectivity index (χ1) is 11.2. The fraction of sp³-hybridized carbons (Fsp3) is 0.263. The molecule has 0 amide bonds. The summed E-state index contributed by atoms with van der Waals surface area (Å²) >= 11 is 0. The van der Waals surface area contributed by atoms with Crippen LogP contribution in [0.5, 0.6) is 0 Å². The van der Waals surface area contributed by atoms with Crippen molar-refractivity contribution in [1.82, 2.24) is 4.90 Å². The number of rotatable bonds is 3. The highest BCUT2D eigenvalue weighted by Gasteiger charge is 2.23. The van der Waals surface area contributed by atoms with Gasteiger partial charge in [0.15, 0.2) is 5.84 Å². The van der Waals surface area contributed by atoms with Gasteiger partial charge in [0.05, 0.1) is 18.9 Å². The second kappa shape index (κ2) is 7.20. The molecule has 1 aliphatic rings. The molecule has 0 N–H and O–H groups in total. The predicted molar refractivity (Wildman–Crippen MR) is 91.4 cm³/mol. The van der Waals surface area contributed by atoms with Crippen molar-refractivity contribution in [2.45, 2.75) is 6.92 Å². The average Bonchev–Trinajstić information content (AvgIpc) is 2.61. The molecule has 0 saturated carbocycles. The smallest absolute Gasteiger partial charge is 0.228 e. The molecule has 0 bridgehead atoms. The first-order valence-electron chi connectivity index (χ1n) is 7.82. The van der Waals surface area contributed by atoms with Crippen molar-refractivity contribution < 1.29 is 9.53 Å². The number of benzene rings is 2. The van der Waals surface area contributed by atoms with E-state index in [-0.39, 0.29) is 5.78 Å². The van der Waals surface area contributed by atoms with Crippen molar-refractivity contribution in [3.05, 3.63) is 65.7 Å². The lowest BCUT2D eigenvalue weighted by atomic mass is 10.1. The normalized spacial score (nSPS) is 15.5. The highest BCUT2D eigenvalue weighted by Crippen LogP contribution is 2.15. The molecule has 1 saturated heterocycles. The van der Waals surface area contributed by atoms with E-state index in [0.29, 0.717) is 37.7 Å². The molecule has 1 fully saturated rings. The van der Waals surface area contributed by atoms with Gasteiger partial charge in [0, 0.05) is 18.7 Å². The van der Waals surface area contributed by atoms with E-state index in [2.05, 4.69) is 4.99 Å². The minimum atomic E-state index is -0.0456. The van der Waals surface area contributed by atoms with E-state index in [1.165, 1.54) is 0 Å². The maximum atomic E-state index is 12.9. The molecule has 3 rings (SSSR count). The summed E-state index contributed by atoms with van der Waals surface area (Å²) in [6.45, 7) is 4.62. The third-order valence-electron chi connectivity index (χ3n) is 3.82. The van der Waals surface area contributed by atoms with Gasteiger partial charge in [0.1, 0.15) is 0 Å². The number of para-hydroxylation sites is 1. The lowest BCUT2D eigenvalue weighted by molar-refractivity contribution is 0.0659. The Morgan fingerprint density at radius 2 is 1.65 bits per heavy atom. The quantitative estimate of drug-likeness (QED) is 0.496. The summed E-state index contributed by atoms with van der Waals surface area (Å²) in [5, 5.41) is 0. The van der Waals surface area contributed by atoms with Crippen molar-refractivity contribution in [3.63, 3.8) is 0 Å². The number of aryl methyl sites for hydroxylation is 1. The Morgan fingerprint density at radius 1 is 1.00 bits per heavy atom. The van der Waals surface area contributed by atoms with Crippen molar-refractivity contribution in [3.8, 4) is 0 Å². The Labute approximate surface area is 136 Å². The van der Waals surface area contributed by atoms with Crippen LogP contribution in [0.2, 0.25) is 0 Å². The fourth-order valence-corrected chi connectivity index (χ4v) is 2.50. The summed E-state index contributed by atoms with van der Waals surface area (Å²) in [5.41, 5.74) is 2.58. The number of ketones is 1. The Kier molecular flexibility index (Phi) is 4.83. The Hall–Kier alpha value is -2.46. The zero-order chi connectivity index (χ0) is 16.1. The molecule has 118 valence electrons. The van der Waals surface area contributed by atoms with Gasteiger partial charge >= 0.3 is 0 Å². The van der Waals surface area contributed by atoms with Gasteiger partial charge in [0.2, 0.25) is 5.78 Å². The Morgan fingerprint density at radius 3 is 2.30 bits per heavy atom. The van der Waals surface area contributed by atoms with Gasteiger partial charge in [-0.1, -0.05) is 48.0 Å². The van der Waals surface area contributed by atoms with E-state index in [4.69, 9.17) is 4.74 Å². The van der Waals surface area contributed by atoms with Crippen molar-refractivity contribution in [2.75, 3.05) is 26.3 Å². The second-order valence-corrected chi connectivity index (χ2v) is 5.57. The zero-order valence-electron chi connectivity index (χ0n) is 13.2. The lowest BCUT2D eigenvalue weighted by Gasteiger charge is -2.29. The summed E-state index contributed by atoms with van der Waals surface area (Å²) < 4.78 is 5.39. The third kappa shape index (κ3) is 3.85. The average molecular weight is 308 g/mol. The van der Waals surface area contributed by atoms with Gasteiger partial charge in [-0.15, -0.1) is 0 Å². The molecule has 2 aromatic carbocycles. The second-order valence-electron chi connectivity index (χ2n) is 5.57. The number of hydrogen-bond acceptors (Lipinski definition) is 3. The van der Waals surface area contributed by atoms with E-state index in [9.17, 15) is 4.79 Å². The van der Waals surface area contributed by atoms with Crippen LogP contribution in [-0.4, -0.2) is 42.8 Å². The van der Waals surface area contributed by atoms with E-state index in [1.54, 1.807) is 0 Å². The van der Waals surface area contributed by atoms with Gasteiger partial charge in [-0.2, -0.15) is 0 Å². The molecule has 1 aliphatic heterocycles. The minimum absolute atomic E-state index is 0.0456. The van der Waals surface area contributed by atoms with Crippen molar-refractivity contribution in [2.24, 2.45) is 4.99 Å². The van der Waals surface area contributed by atoms with Gasteiger partial charge in [-0.3, -0.25) is 4.79 Å². The standard InChI is InChI=1S/C19H20N2O2/c1-15-7-9-16(10-8-15)18(22)19(21-11-13-23-14-12-21)20-17-5-3-2-4-6-17/h2-10H,11-14H2,1H3. The molecular weight excluding hydrogens is 288 g/mol. The fourth-order valence-electron chi connectivity index (χ4n) is 2.50. The number of morpholine rings is 1. The number of Topliss-reactive ketones (excluding diaryl/α,β-unsaturated/α-hetero) is 1. The highest BCUT2D eigenvalue weighted by atomic mass is 16.5. The zero-order valence-corrected chi connectivity index (χ0v) is 13.2. The van der Waals surface area contributed by atoms with Crippen LogP contribution in [0.4, 0.5) is 5.69 Å². The van der Waals surface area contributed by atoms with Crippen LogP contribution in [0.3, 0.4) is 0 Å². The first-order valence-corrected chi connectivity index (χ1v) is 7.82. The van der Waals surface area contributed by atoms with E-state index in [1.807, 2.05) is 66.4 Å². The highest BCUT2D eigenvalue weighted by molar-refractivity contribution is 6.45. The van der Waals surface area contributed by atoms with Crippen LogP contribution in [0, 0.1) is 6.92 Å². The molecular formula is C19H20N2O2. The van der Waals surface area contributed by atoms with Crippen LogP contribution < -0.4 is 0 Å². The number of amidine groups is 1.